The molecule has 2 unspecified atom stereocenters. The zero-order valence-electron chi connectivity index (χ0n) is 11.7. The molecule has 2 N–H and O–H groups in total. The Kier molecular flexibility index (Phi) is 3.54. The summed E-state index contributed by atoms with van der Waals surface area (Å²) in [5, 5.41) is 16.7. The van der Waals surface area contributed by atoms with Gasteiger partial charge in [-0.25, -0.2) is 0 Å². The third-order valence-electron chi connectivity index (χ3n) is 3.68. The summed E-state index contributed by atoms with van der Waals surface area (Å²) < 4.78 is 5.29. The van der Waals surface area contributed by atoms with Gasteiger partial charge in [0.2, 0.25) is 11.7 Å². The van der Waals surface area contributed by atoms with Crippen LogP contribution >= 0.6 is 0 Å². The predicted octanol–water partition coefficient (Wildman–Crippen LogP) is 2.26. The third kappa shape index (κ3) is 2.59. The highest BCUT2D eigenvalue weighted by Gasteiger charge is 2.28. The highest BCUT2D eigenvalue weighted by atomic mass is 16.5. The molecule has 3 rings (SSSR count). The molecule has 1 aromatic heterocycles. The lowest BCUT2D eigenvalue weighted by Gasteiger charge is -2.04. The van der Waals surface area contributed by atoms with Crippen LogP contribution in [0.5, 0.6) is 0 Å². The Labute approximate surface area is 118 Å². The minimum Gasteiger partial charge on any atom is -0.392 e. The maximum Gasteiger partial charge on any atom is 0.244 e. The van der Waals surface area contributed by atoms with E-state index in [0.717, 1.165) is 5.56 Å². The molecule has 2 atom stereocenters. The summed E-state index contributed by atoms with van der Waals surface area (Å²) in [7, 11) is 0. The van der Waals surface area contributed by atoms with E-state index in [1.165, 1.54) is 5.56 Å². The fraction of sp³-hybridized carbons (Fsp3) is 0.467. The van der Waals surface area contributed by atoms with E-state index in [1.54, 1.807) is 0 Å². The predicted molar refractivity (Wildman–Crippen MR) is 75.2 cm³/mol. The maximum atomic E-state index is 9.51. The van der Waals surface area contributed by atoms with Crippen LogP contribution < -0.4 is 5.32 Å². The second-order valence-corrected chi connectivity index (χ2v) is 5.58. The first-order valence-corrected chi connectivity index (χ1v) is 6.99. The van der Waals surface area contributed by atoms with Crippen LogP contribution in [0.3, 0.4) is 0 Å². The van der Waals surface area contributed by atoms with Crippen LogP contribution in [-0.2, 0) is 0 Å². The van der Waals surface area contributed by atoms with Crippen molar-refractivity contribution in [2.75, 3.05) is 6.54 Å². The summed E-state index contributed by atoms with van der Waals surface area (Å²) in [4.78, 5) is 4.42. The molecule has 1 aliphatic heterocycles. The van der Waals surface area contributed by atoms with E-state index >= 15 is 0 Å². The summed E-state index contributed by atoms with van der Waals surface area (Å²) in [5.74, 6) is 1.65. The lowest BCUT2D eigenvalue weighted by molar-refractivity contribution is 0.191. The smallest absolute Gasteiger partial charge is 0.244 e. The molecule has 1 saturated heterocycles. The molecular formula is C15H19N3O2. The van der Waals surface area contributed by atoms with E-state index in [1.807, 2.05) is 12.1 Å². The molecular weight excluding hydrogens is 254 g/mol. The Hall–Kier alpha value is -1.72. The standard InChI is InChI=1S/C15H19N3O2/c1-9(2)10-3-5-11(6-4-10)14-17-15(20-18-14)13-7-12(19)8-16-13/h3-6,9,12-13,16,19H,7-8H2,1-2H3. The molecule has 0 radical (unpaired) electrons. The van der Waals surface area contributed by atoms with E-state index in [9.17, 15) is 5.11 Å². The van der Waals surface area contributed by atoms with E-state index in [-0.39, 0.29) is 12.1 Å². The molecule has 0 spiro atoms. The van der Waals surface area contributed by atoms with Gasteiger partial charge in [0, 0.05) is 12.1 Å². The Morgan fingerprint density at radius 2 is 2.05 bits per heavy atom. The lowest BCUT2D eigenvalue weighted by Crippen LogP contribution is -2.15. The summed E-state index contributed by atoms with van der Waals surface area (Å²) in [6.45, 7) is 4.91. The Morgan fingerprint density at radius 1 is 1.30 bits per heavy atom. The number of benzene rings is 1. The lowest BCUT2D eigenvalue weighted by atomic mass is 10.0. The molecule has 2 aromatic rings. The van der Waals surface area contributed by atoms with Crippen LogP contribution in [0.4, 0.5) is 0 Å². The normalized spacial score (nSPS) is 22.6. The molecule has 1 aliphatic rings. The molecule has 0 amide bonds. The molecule has 2 heterocycles. The summed E-state index contributed by atoms with van der Waals surface area (Å²) in [6, 6.07) is 8.17. The number of hydrogen-bond acceptors (Lipinski definition) is 5. The van der Waals surface area contributed by atoms with Crippen molar-refractivity contribution in [1.82, 2.24) is 15.5 Å². The summed E-state index contributed by atoms with van der Waals surface area (Å²) in [6.07, 6.45) is 0.286. The maximum absolute atomic E-state index is 9.51. The quantitative estimate of drug-likeness (QED) is 0.897. The molecule has 106 valence electrons. The van der Waals surface area contributed by atoms with Gasteiger partial charge in [0.05, 0.1) is 12.1 Å². The number of nitrogens with zero attached hydrogens (tertiary/aromatic N) is 2. The van der Waals surface area contributed by atoms with Crippen LogP contribution in [0.15, 0.2) is 28.8 Å². The number of rotatable bonds is 3. The molecule has 5 heteroatoms. The largest absolute Gasteiger partial charge is 0.392 e. The third-order valence-corrected chi connectivity index (χ3v) is 3.68. The SMILES string of the molecule is CC(C)c1ccc(-c2noc(C3CC(O)CN3)n2)cc1. The van der Waals surface area contributed by atoms with Crippen LogP contribution in [-0.4, -0.2) is 27.9 Å². The first-order valence-electron chi connectivity index (χ1n) is 6.99. The van der Waals surface area contributed by atoms with Crippen LogP contribution in [0.1, 0.15) is 43.7 Å². The average molecular weight is 273 g/mol. The number of aliphatic hydroxyl groups excluding tert-OH is 1. The molecule has 5 nitrogen and oxygen atoms in total. The first kappa shape index (κ1) is 13.3. The molecule has 1 fully saturated rings. The van der Waals surface area contributed by atoms with Gasteiger partial charge in [-0.1, -0.05) is 43.3 Å². The van der Waals surface area contributed by atoms with Gasteiger partial charge in [-0.3, -0.25) is 0 Å². The average Bonchev–Trinajstić information content (AvgIpc) is 3.07. The number of aliphatic hydroxyl groups is 1. The number of β-amino-alcohol motifs (C(OH)–C–C–N with tert-alkyl or cyclic N) is 1. The summed E-state index contributed by atoms with van der Waals surface area (Å²) in [5.41, 5.74) is 2.24. The fourth-order valence-corrected chi connectivity index (χ4v) is 2.42. The van der Waals surface area contributed by atoms with Crippen molar-refractivity contribution in [3.63, 3.8) is 0 Å². The monoisotopic (exact) mass is 273 g/mol. The van der Waals surface area contributed by atoms with Crippen molar-refractivity contribution < 1.29 is 9.63 Å². The van der Waals surface area contributed by atoms with Gasteiger partial charge in [-0.2, -0.15) is 4.98 Å². The van der Waals surface area contributed by atoms with E-state index in [2.05, 4.69) is 41.4 Å². The number of aromatic nitrogens is 2. The number of nitrogens with one attached hydrogen (secondary N) is 1. The zero-order chi connectivity index (χ0) is 14.1. The molecule has 20 heavy (non-hydrogen) atoms. The van der Waals surface area contributed by atoms with Crippen LogP contribution in [0, 0.1) is 0 Å². The van der Waals surface area contributed by atoms with Gasteiger partial charge in [-0.15, -0.1) is 0 Å². The molecule has 0 aliphatic carbocycles. The molecule has 0 saturated carbocycles. The molecule has 1 aromatic carbocycles. The highest BCUT2D eigenvalue weighted by molar-refractivity contribution is 5.54. The van der Waals surface area contributed by atoms with Crippen molar-refractivity contribution in [2.45, 2.75) is 38.3 Å². The number of hydrogen-bond donors (Lipinski definition) is 2. The van der Waals surface area contributed by atoms with E-state index in [0.29, 0.717) is 30.6 Å². The van der Waals surface area contributed by atoms with Gasteiger partial charge < -0.3 is 14.9 Å². The van der Waals surface area contributed by atoms with Crippen molar-refractivity contribution >= 4 is 0 Å². The molecule has 0 bridgehead atoms. The highest BCUT2D eigenvalue weighted by Crippen LogP contribution is 2.25. The van der Waals surface area contributed by atoms with Crippen molar-refractivity contribution in [2.24, 2.45) is 0 Å². The van der Waals surface area contributed by atoms with Gasteiger partial charge in [0.25, 0.3) is 0 Å². The van der Waals surface area contributed by atoms with Crippen molar-refractivity contribution in [3.05, 3.63) is 35.7 Å². The Balaban J connectivity index is 1.79. The minimum absolute atomic E-state index is 0.0406. The fourth-order valence-electron chi connectivity index (χ4n) is 2.42. The van der Waals surface area contributed by atoms with Crippen molar-refractivity contribution in [3.8, 4) is 11.4 Å². The van der Waals surface area contributed by atoms with Crippen LogP contribution in [0.2, 0.25) is 0 Å². The van der Waals surface area contributed by atoms with Crippen molar-refractivity contribution in [1.29, 1.82) is 0 Å². The topological polar surface area (TPSA) is 71.2 Å². The zero-order valence-corrected chi connectivity index (χ0v) is 11.7. The second-order valence-electron chi connectivity index (χ2n) is 5.58. The minimum atomic E-state index is -0.333. The summed E-state index contributed by atoms with van der Waals surface area (Å²) >= 11 is 0. The van der Waals surface area contributed by atoms with Crippen LogP contribution in [0.25, 0.3) is 11.4 Å². The van der Waals surface area contributed by atoms with Gasteiger partial charge >= 0.3 is 0 Å². The van der Waals surface area contributed by atoms with E-state index in [4.69, 9.17) is 4.52 Å². The Bertz CT molecular complexity index is 577. The first-order chi connectivity index (χ1) is 9.63. The second kappa shape index (κ2) is 5.34. The van der Waals surface area contributed by atoms with Gasteiger partial charge in [0.1, 0.15) is 0 Å². The van der Waals surface area contributed by atoms with Gasteiger partial charge in [0.15, 0.2) is 0 Å². The van der Waals surface area contributed by atoms with E-state index < -0.39 is 0 Å². The van der Waals surface area contributed by atoms with Gasteiger partial charge in [-0.05, 0) is 17.9 Å². The Morgan fingerprint density at radius 3 is 2.65 bits per heavy atom.